The number of nitrogens with zero attached hydrogens (tertiary/aromatic N) is 1. The Balaban J connectivity index is 2.37. The van der Waals surface area contributed by atoms with Crippen molar-refractivity contribution in [3.8, 4) is 0 Å². The number of likely N-dealkylation sites (tertiary alicyclic amines) is 1. The van der Waals surface area contributed by atoms with Gasteiger partial charge in [0.1, 0.15) is 6.04 Å². The quantitative estimate of drug-likeness (QED) is 0.875. The molecular weight excluding hydrogens is 355 g/mol. The largest absolute Gasteiger partial charge is 0.480 e. The van der Waals surface area contributed by atoms with Crippen LogP contribution in [0.2, 0.25) is 0 Å². The summed E-state index contributed by atoms with van der Waals surface area (Å²) in [7, 11) is 0. The van der Waals surface area contributed by atoms with Gasteiger partial charge in [0.15, 0.2) is 0 Å². The maximum absolute atomic E-state index is 12.7. The van der Waals surface area contributed by atoms with Gasteiger partial charge in [-0.25, -0.2) is 4.79 Å². The molecule has 4 nitrogen and oxygen atoms in total. The van der Waals surface area contributed by atoms with Gasteiger partial charge in [0.05, 0.1) is 11.1 Å². The van der Waals surface area contributed by atoms with Crippen LogP contribution >= 0.6 is 15.9 Å². The van der Waals surface area contributed by atoms with Gasteiger partial charge in [-0.1, -0.05) is 0 Å². The maximum Gasteiger partial charge on any atom is 0.416 e. The zero-order valence-corrected chi connectivity index (χ0v) is 12.2. The number of aliphatic carboxylic acids is 1. The summed E-state index contributed by atoms with van der Waals surface area (Å²) in [6, 6.07) is 1.75. The van der Waals surface area contributed by atoms with E-state index in [0.717, 1.165) is 23.1 Å². The fourth-order valence-corrected chi connectivity index (χ4v) is 2.70. The predicted molar refractivity (Wildman–Crippen MR) is 70.8 cm³/mol. The Morgan fingerprint density at radius 3 is 2.57 bits per heavy atom. The summed E-state index contributed by atoms with van der Waals surface area (Å²) in [5.74, 6) is -1.86. The van der Waals surface area contributed by atoms with Gasteiger partial charge in [-0.15, -0.1) is 0 Å². The first kappa shape index (κ1) is 15.8. The monoisotopic (exact) mass is 365 g/mol. The van der Waals surface area contributed by atoms with Crippen molar-refractivity contribution in [3.05, 3.63) is 33.8 Å². The number of carboxylic acid groups (broad SMARTS) is 1. The molecule has 0 aliphatic carbocycles. The minimum absolute atomic E-state index is 0.182. The molecule has 0 bridgehead atoms. The van der Waals surface area contributed by atoms with E-state index >= 15 is 0 Å². The van der Waals surface area contributed by atoms with Gasteiger partial charge in [-0.3, -0.25) is 4.79 Å². The van der Waals surface area contributed by atoms with Crippen molar-refractivity contribution in [1.82, 2.24) is 4.90 Å². The van der Waals surface area contributed by atoms with E-state index in [-0.39, 0.29) is 16.6 Å². The third-order valence-electron chi connectivity index (χ3n) is 3.32. The Labute approximate surface area is 126 Å². The Kier molecular flexibility index (Phi) is 4.27. The molecule has 0 aromatic heterocycles. The summed E-state index contributed by atoms with van der Waals surface area (Å²) in [4.78, 5) is 24.5. The molecule has 1 fully saturated rings. The van der Waals surface area contributed by atoms with E-state index in [4.69, 9.17) is 5.11 Å². The summed E-state index contributed by atoms with van der Waals surface area (Å²) in [5, 5.41) is 9.05. The molecule has 1 aromatic rings. The second-order valence-corrected chi connectivity index (χ2v) is 5.54. The molecule has 1 N–H and O–H groups in total. The molecule has 1 amide bonds. The van der Waals surface area contributed by atoms with Crippen molar-refractivity contribution in [2.75, 3.05) is 6.54 Å². The molecule has 21 heavy (non-hydrogen) atoms. The van der Waals surface area contributed by atoms with Crippen LogP contribution in [0, 0.1) is 0 Å². The molecule has 114 valence electrons. The third kappa shape index (κ3) is 3.20. The summed E-state index contributed by atoms with van der Waals surface area (Å²) >= 11 is 3.04. The Hall–Kier alpha value is -1.57. The first-order chi connectivity index (χ1) is 9.71. The van der Waals surface area contributed by atoms with Gasteiger partial charge >= 0.3 is 12.1 Å². The molecule has 0 spiro atoms. The molecule has 1 aliphatic heterocycles. The first-order valence-electron chi connectivity index (χ1n) is 6.12. The van der Waals surface area contributed by atoms with Crippen molar-refractivity contribution in [2.24, 2.45) is 0 Å². The van der Waals surface area contributed by atoms with Gasteiger partial charge < -0.3 is 10.0 Å². The number of hydrogen-bond donors (Lipinski definition) is 1. The third-order valence-corrected chi connectivity index (χ3v) is 4.01. The normalized spacial score (nSPS) is 18.9. The van der Waals surface area contributed by atoms with Crippen LogP contribution < -0.4 is 0 Å². The topological polar surface area (TPSA) is 57.6 Å². The lowest BCUT2D eigenvalue weighted by Crippen LogP contribution is -2.40. The van der Waals surface area contributed by atoms with Crippen LogP contribution in [0.1, 0.15) is 28.8 Å². The Bertz CT molecular complexity index is 589. The van der Waals surface area contributed by atoms with E-state index in [1.807, 2.05) is 0 Å². The fraction of sp³-hybridized carbons (Fsp3) is 0.385. The van der Waals surface area contributed by atoms with Crippen LogP contribution in [0.4, 0.5) is 13.2 Å². The zero-order valence-electron chi connectivity index (χ0n) is 10.7. The highest BCUT2D eigenvalue weighted by Gasteiger charge is 2.37. The van der Waals surface area contributed by atoms with Crippen LogP contribution in [0.25, 0.3) is 0 Å². The molecule has 8 heteroatoms. The summed E-state index contributed by atoms with van der Waals surface area (Å²) in [5.41, 5.74) is -1.13. The molecular formula is C13H11BrF3NO3. The number of alkyl halides is 3. The minimum atomic E-state index is -4.56. The van der Waals surface area contributed by atoms with Gasteiger partial charge in [0.25, 0.3) is 5.91 Å². The van der Waals surface area contributed by atoms with Crippen LogP contribution in [0.3, 0.4) is 0 Å². The first-order valence-corrected chi connectivity index (χ1v) is 6.91. The zero-order chi connectivity index (χ0) is 15.8. The average molecular weight is 366 g/mol. The minimum Gasteiger partial charge on any atom is -0.480 e. The average Bonchev–Trinajstić information content (AvgIpc) is 2.86. The second kappa shape index (κ2) is 5.67. The van der Waals surface area contributed by atoms with Crippen LogP contribution in [0.15, 0.2) is 22.7 Å². The van der Waals surface area contributed by atoms with Crippen molar-refractivity contribution in [1.29, 1.82) is 0 Å². The van der Waals surface area contributed by atoms with Gasteiger partial charge in [-0.05, 0) is 47.0 Å². The number of carbonyl (C=O) groups excluding carboxylic acids is 1. The van der Waals surface area contributed by atoms with E-state index in [0.29, 0.717) is 12.8 Å². The number of carboxylic acids is 1. The number of rotatable bonds is 2. The fourth-order valence-electron chi connectivity index (χ4n) is 2.29. The van der Waals surface area contributed by atoms with E-state index < -0.39 is 29.7 Å². The van der Waals surface area contributed by atoms with Crippen molar-refractivity contribution >= 4 is 27.8 Å². The van der Waals surface area contributed by atoms with Gasteiger partial charge in [0, 0.05) is 11.0 Å². The maximum atomic E-state index is 12.7. The lowest BCUT2D eigenvalue weighted by molar-refractivity contribution is -0.141. The standard InChI is InChI=1S/C13H11BrF3NO3/c14-9-4-3-7(13(15,16)17)6-8(9)11(19)18-5-1-2-10(18)12(20)21/h3-4,6,10H,1-2,5H2,(H,20,21)/t10-/m1/s1. The van der Waals surface area contributed by atoms with Crippen molar-refractivity contribution < 1.29 is 27.9 Å². The highest BCUT2D eigenvalue weighted by molar-refractivity contribution is 9.10. The highest BCUT2D eigenvalue weighted by Crippen LogP contribution is 2.33. The number of halogens is 4. The molecule has 0 saturated carbocycles. The Morgan fingerprint density at radius 2 is 2.00 bits per heavy atom. The summed E-state index contributed by atoms with van der Waals surface area (Å²) < 4.78 is 38.3. The van der Waals surface area contributed by atoms with Crippen molar-refractivity contribution in [2.45, 2.75) is 25.1 Å². The molecule has 1 aromatic carbocycles. The highest BCUT2D eigenvalue weighted by atomic mass is 79.9. The van der Waals surface area contributed by atoms with Crippen LogP contribution in [0.5, 0.6) is 0 Å². The van der Waals surface area contributed by atoms with Crippen LogP contribution in [-0.4, -0.2) is 34.5 Å². The van der Waals surface area contributed by atoms with E-state index in [1.54, 1.807) is 0 Å². The van der Waals surface area contributed by atoms with Gasteiger partial charge in [0.2, 0.25) is 0 Å². The lowest BCUT2D eigenvalue weighted by atomic mass is 10.1. The van der Waals surface area contributed by atoms with Crippen LogP contribution in [-0.2, 0) is 11.0 Å². The molecule has 2 rings (SSSR count). The van der Waals surface area contributed by atoms with E-state index in [9.17, 15) is 22.8 Å². The molecule has 0 radical (unpaired) electrons. The Morgan fingerprint density at radius 1 is 1.33 bits per heavy atom. The summed E-state index contributed by atoms with van der Waals surface area (Å²) in [6.45, 7) is 0.221. The van der Waals surface area contributed by atoms with Gasteiger partial charge in [-0.2, -0.15) is 13.2 Å². The molecule has 1 atom stereocenters. The number of hydrogen-bond acceptors (Lipinski definition) is 2. The molecule has 1 saturated heterocycles. The lowest BCUT2D eigenvalue weighted by Gasteiger charge is -2.22. The number of amides is 1. The van der Waals surface area contributed by atoms with E-state index in [2.05, 4.69) is 15.9 Å². The SMILES string of the molecule is O=C(O)[C@H]1CCCN1C(=O)c1cc(C(F)(F)F)ccc1Br. The van der Waals surface area contributed by atoms with Crippen molar-refractivity contribution in [3.63, 3.8) is 0 Å². The summed E-state index contributed by atoms with van der Waals surface area (Å²) in [6.07, 6.45) is -3.75. The molecule has 1 heterocycles. The second-order valence-electron chi connectivity index (χ2n) is 4.69. The predicted octanol–water partition coefficient (Wildman–Crippen LogP) is 3.16. The molecule has 1 aliphatic rings. The molecule has 0 unspecified atom stereocenters. The van der Waals surface area contributed by atoms with E-state index in [1.165, 1.54) is 0 Å². The smallest absolute Gasteiger partial charge is 0.416 e. The number of carbonyl (C=O) groups is 2. The number of benzene rings is 1.